The van der Waals surface area contributed by atoms with Crippen LogP contribution in [0, 0.1) is 0 Å². The molecular weight excluding hydrogens is 451 g/mol. The van der Waals surface area contributed by atoms with Crippen molar-refractivity contribution in [2.75, 3.05) is 0 Å². The van der Waals surface area contributed by atoms with Gasteiger partial charge < -0.3 is 0 Å². The molecule has 0 saturated heterocycles. The molecule has 0 aliphatic heterocycles. The third-order valence-corrected chi connectivity index (χ3v) is 13.6. The van der Waals surface area contributed by atoms with E-state index in [1.54, 1.807) is 0 Å². The molecule has 6 heteroatoms. The van der Waals surface area contributed by atoms with Crippen LogP contribution in [0.3, 0.4) is 0 Å². The predicted molar refractivity (Wildman–Crippen MR) is 65.5 cm³/mol. The zero-order valence-corrected chi connectivity index (χ0v) is 16.1. The molecule has 0 amide bonds. The molecular formula is C6H14Cl4Sn2. The Morgan fingerprint density at radius 3 is 1.58 bits per heavy atom. The van der Waals surface area contributed by atoms with Crippen molar-refractivity contribution in [3.63, 3.8) is 0 Å². The summed E-state index contributed by atoms with van der Waals surface area (Å²) in [4.78, 5) is 4.43. The van der Waals surface area contributed by atoms with Crippen molar-refractivity contribution in [2.45, 2.75) is 31.6 Å². The van der Waals surface area contributed by atoms with Gasteiger partial charge in [-0.2, -0.15) is 0 Å². The Morgan fingerprint density at radius 1 is 0.833 bits per heavy atom. The van der Waals surface area contributed by atoms with Crippen LogP contribution in [0.1, 0.15) is 12.8 Å². The first kappa shape index (κ1) is 14.8. The van der Waals surface area contributed by atoms with Crippen molar-refractivity contribution < 1.29 is 0 Å². The molecule has 0 aromatic carbocycles. The van der Waals surface area contributed by atoms with Gasteiger partial charge in [-0.05, 0) is 0 Å². The van der Waals surface area contributed by atoms with Crippen LogP contribution in [-0.2, 0) is 0 Å². The molecule has 74 valence electrons. The van der Waals surface area contributed by atoms with Crippen LogP contribution in [0.15, 0.2) is 0 Å². The summed E-state index contributed by atoms with van der Waals surface area (Å²) in [5.74, 6) is 0. The zero-order chi connectivity index (χ0) is 9.83. The van der Waals surface area contributed by atoms with Crippen molar-refractivity contribution >= 4 is 67.9 Å². The van der Waals surface area contributed by atoms with E-state index in [1.165, 1.54) is 4.44 Å². The molecule has 0 spiro atoms. The van der Waals surface area contributed by atoms with E-state index in [2.05, 4.69) is 9.88 Å². The minimum absolute atomic E-state index is 0.845. The van der Waals surface area contributed by atoms with Gasteiger partial charge in [-0.3, -0.25) is 0 Å². The van der Waals surface area contributed by atoms with Crippen molar-refractivity contribution in [3.05, 3.63) is 0 Å². The predicted octanol–water partition coefficient (Wildman–Crippen LogP) is 4.87. The zero-order valence-electron chi connectivity index (χ0n) is 7.34. The second kappa shape index (κ2) is 6.36. The summed E-state index contributed by atoms with van der Waals surface area (Å²) < 4.78 is 2.04. The molecule has 0 atom stereocenters. The molecule has 12 heavy (non-hydrogen) atoms. The monoisotopic (exact) mass is 466 g/mol. The van der Waals surface area contributed by atoms with E-state index in [-0.39, 0.29) is 0 Å². The number of unbranched alkanes of at least 4 members (excludes halogenated alkanes) is 1. The number of rotatable bonds is 5. The standard InChI is InChI=1S/C4H8.2CH3.4ClH.2Sn/c1-3-4-2;;;;;;;;/h1-4H2;2*1H3;4*1H;;/q;;;;;;;+1;+3/p-4. The van der Waals surface area contributed by atoms with Crippen molar-refractivity contribution in [2.24, 2.45) is 0 Å². The van der Waals surface area contributed by atoms with Gasteiger partial charge in [0.25, 0.3) is 0 Å². The Bertz CT molecular complexity index is 110. The maximum absolute atomic E-state index is 6.21. The van der Waals surface area contributed by atoms with Gasteiger partial charge in [0, 0.05) is 0 Å². The fraction of sp³-hybridized carbons (Fsp3) is 1.00. The van der Waals surface area contributed by atoms with Crippen LogP contribution < -0.4 is 0 Å². The molecule has 0 bridgehead atoms. The molecule has 0 saturated carbocycles. The summed E-state index contributed by atoms with van der Waals surface area (Å²) >= 11 is -5.05. The average Bonchev–Trinajstić information content (AvgIpc) is 1.76. The third kappa shape index (κ3) is 12.8. The van der Waals surface area contributed by atoms with Crippen molar-refractivity contribution in [3.8, 4) is 0 Å². The first-order valence-electron chi connectivity index (χ1n) is 3.96. The van der Waals surface area contributed by atoms with Gasteiger partial charge in [0.1, 0.15) is 0 Å². The molecule has 0 fully saturated rings. The van der Waals surface area contributed by atoms with E-state index >= 15 is 0 Å². The Labute approximate surface area is 97.9 Å². The average molecular weight is 465 g/mol. The molecule has 0 aliphatic rings. The van der Waals surface area contributed by atoms with Crippen LogP contribution >= 0.6 is 35.7 Å². The van der Waals surface area contributed by atoms with Gasteiger partial charge in [0.15, 0.2) is 0 Å². The van der Waals surface area contributed by atoms with Gasteiger partial charge in [-0.25, -0.2) is 0 Å². The molecule has 0 unspecified atom stereocenters. The molecule has 0 nitrogen and oxygen atoms in total. The number of hydrogen-bond donors (Lipinski definition) is 0. The van der Waals surface area contributed by atoms with E-state index in [0.717, 1.165) is 17.3 Å². The van der Waals surface area contributed by atoms with Crippen LogP contribution in [0.5, 0.6) is 0 Å². The quantitative estimate of drug-likeness (QED) is 0.402. The maximum atomic E-state index is 6.21. The van der Waals surface area contributed by atoms with Crippen LogP contribution in [-0.4, -0.2) is 32.2 Å². The van der Waals surface area contributed by atoms with Gasteiger partial charge >= 0.3 is 99.5 Å². The normalized spacial score (nSPS) is 13.5. The molecule has 0 aromatic rings. The SMILES string of the molecule is [CH3][Sn]([CH3])([Cl])[CH2]CC[CH2][Sn]([Cl])([Cl])[Cl]. The number of hydrogen-bond acceptors (Lipinski definition) is 0. The van der Waals surface area contributed by atoms with Gasteiger partial charge in [0.05, 0.1) is 0 Å². The van der Waals surface area contributed by atoms with Gasteiger partial charge in [0.2, 0.25) is 0 Å². The van der Waals surface area contributed by atoms with Crippen LogP contribution in [0.2, 0.25) is 18.8 Å². The first-order chi connectivity index (χ1) is 5.21. The van der Waals surface area contributed by atoms with Crippen LogP contribution in [0.25, 0.3) is 0 Å². The Hall–Kier alpha value is 2.76. The summed E-state index contributed by atoms with van der Waals surface area (Å²) in [6.07, 6.45) is 2.21. The van der Waals surface area contributed by atoms with Gasteiger partial charge in [-0.15, -0.1) is 0 Å². The third-order valence-electron chi connectivity index (χ3n) is 1.48. The van der Waals surface area contributed by atoms with E-state index in [0.29, 0.717) is 0 Å². The van der Waals surface area contributed by atoms with E-state index in [9.17, 15) is 0 Å². The van der Waals surface area contributed by atoms with Crippen LogP contribution in [0.4, 0.5) is 0 Å². The molecule has 0 aliphatic carbocycles. The topological polar surface area (TPSA) is 0 Å². The van der Waals surface area contributed by atoms with Gasteiger partial charge in [-0.1, -0.05) is 0 Å². The van der Waals surface area contributed by atoms with E-state index < -0.39 is 32.2 Å². The first-order valence-corrected chi connectivity index (χ1v) is 28.2. The second-order valence-electron chi connectivity index (χ2n) is 3.54. The van der Waals surface area contributed by atoms with Crippen molar-refractivity contribution in [1.82, 2.24) is 0 Å². The Morgan fingerprint density at radius 2 is 1.25 bits per heavy atom. The summed E-state index contributed by atoms with van der Waals surface area (Å²) in [6.45, 7) is 0. The molecule has 0 N–H and O–H groups in total. The van der Waals surface area contributed by atoms with Crippen molar-refractivity contribution in [1.29, 1.82) is 0 Å². The Balaban J connectivity index is 3.35. The summed E-state index contributed by atoms with van der Waals surface area (Å²) in [7, 11) is 23.6. The summed E-state index contributed by atoms with van der Waals surface area (Å²) in [6, 6.07) is 0. The molecule has 0 rings (SSSR count). The summed E-state index contributed by atoms with van der Waals surface area (Å²) in [5.41, 5.74) is 0. The molecule has 0 radical (unpaired) electrons. The minimum atomic E-state index is -3.01. The van der Waals surface area contributed by atoms with E-state index in [4.69, 9.17) is 35.7 Å². The second-order valence-corrected chi connectivity index (χ2v) is 43.5. The fourth-order valence-electron chi connectivity index (χ4n) is 0.871. The fourth-order valence-corrected chi connectivity index (χ4v) is 9.43. The molecule has 0 heterocycles. The summed E-state index contributed by atoms with van der Waals surface area (Å²) in [5, 5.41) is 0. The Kier molecular flexibility index (Phi) is 7.83. The van der Waals surface area contributed by atoms with E-state index in [1.807, 2.05) is 0 Å². The number of halogens is 4. The molecule has 0 aromatic heterocycles.